The Bertz CT molecular complexity index is 603. The lowest BCUT2D eigenvalue weighted by Gasteiger charge is -2.15. The Labute approximate surface area is 159 Å². The highest BCUT2D eigenvalue weighted by atomic mass is 19.1. The van der Waals surface area contributed by atoms with Gasteiger partial charge in [-0.3, -0.25) is 4.79 Å². The molecule has 0 radical (unpaired) electrons. The third-order valence-electron chi connectivity index (χ3n) is 3.61. The maximum atomic E-state index is 12.8. The Balaban J connectivity index is 2.10. The van der Waals surface area contributed by atoms with Crippen LogP contribution >= 0.6 is 0 Å². The van der Waals surface area contributed by atoms with Gasteiger partial charge in [-0.2, -0.15) is 0 Å². The summed E-state index contributed by atoms with van der Waals surface area (Å²) in [6, 6.07) is 0. The lowest BCUT2D eigenvalue weighted by molar-refractivity contribution is -0.125. The van der Waals surface area contributed by atoms with Crippen LogP contribution in [0.2, 0.25) is 0 Å². The molecule has 1 heterocycles. The predicted octanol–water partition coefficient (Wildman–Crippen LogP) is 2.48. The molecule has 1 aliphatic heterocycles. The van der Waals surface area contributed by atoms with Crippen LogP contribution in [-0.2, 0) is 19.0 Å². The number of rotatable bonds is 11. The standard InChI is InChI=1S/C19H27FN2O5/c1-5-18(23)22-8-6-16(13-22)27-19(24)21-7-9-25-10-11-26-17(14(2)3)12-15(4)20/h5,12,16H,1-2,4,6-11,13H2,3H3,(H,21,24)/b17-12+/t16-/m1/s1. The molecule has 0 aromatic rings. The number of hydrogen-bond acceptors (Lipinski definition) is 5. The third-order valence-corrected chi connectivity index (χ3v) is 3.61. The fraction of sp³-hybridized carbons (Fsp3) is 0.474. The summed E-state index contributed by atoms with van der Waals surface area (Å²) in [7, 11) is 0. The minimum Gasteiger partial charge on any atom is -0.491 e. The van der Waals surface area contributed by atoms with E-state index in [9.17, 15) is 14.0 Å². The van der Waals surface area contributed by atoms with E-state index in [0.29, 0.717) is 30.8 Å². The lowest BCUT2D eigenvalue weighted by Crippen LogP contribution is -2.34. The molecule has 150 valence electrons. The molecular formula is C19H27FN2O5. The quantitative estimate of drug-likeness (QED) is 0.257. The van der Waals surface area contributed by atoms with Gasteiger partial charge in [0.25, 0.3) is 0 Å². The molecule has 0 aliphatic carbocycles. The fourth-order valence-corrected chi connectivity index (χ4v) is 2.31. The summed E-state index contributed by atoms with van der Waals surface area (Å²) in [4.78, 5) is 24.8. The van der Waals surface area contributed by atoms with Crippen molar-refractivity contribution >= 4 is 12.0 Å². The van der Waals surface area contributed by atoms with Crippen molar-refractivity contribution in [3.05, 3.63) is 49.0 Å². The number of halogens is 1. The van der Waals surface area contributed by atoms with Crippen molar-refractivity contribution in [2.45, 2.75) is 19.4 Å². The smallest absolute Gasteiger partial charge is 0.407 e. The Morgan fingerprint density at radius 1 is 1.30 bits per heavy atom. The topological polar surface area (TPSA) is 77.1 Å². The third kappa shape index (κ3) is 9.05. The average Bonchev–Trinajstić information content (AvgIpc) is 3.07. The van der Waals surface area contributed by atoms with E-state index in [2.05, 4.69) is 25.1 Å². The van der Waals surface area contributed by atoms with Crippen LogP contribution in [0.1, 0.15) is 13.3 Å². The summed E-state index contributed by atoms with van der Waals surface area (Å²) in [6.45, 7) is 13.9. The first kappa shape index (κ1) is 22.4. The molecule has 8 heteroatoms. The van der Waals surface area contributed by atoms with Gasteiger partial charge in [0.2, 0.25) is 5.91 Å². The second kappa shape index (κ2) is 11.9. The molecule has 1 fully saturated rings. The van der Waals surface area contributed by atoms with Crippen LogP contribution < -0.4 is 5.32 Å². The highest BCUT2D eigenvalue weighted by Crippen LogP contribution is 2.13. The van der Waals surface area contributed by atoms with Gasteiger partial charge in [-0.15, -0.1) is 0 Å². The number of amides is 2. The number of likely N-dealkylation sites (tertiary alicyclic amines) is 1. The SMILES string of the molecule is C=CC(=O)N1CC[C@@H](OC(=O)NCCOCCO/C(=C/C(=C)F)C(=C)C)C1. The van der Waals surface area contributed by atoms with Crippen LogP contribution in [0.3, 0.4) is 0 Å². The number of carbonyl (C=O) groups excluding carboxylic acids is 2. The fourth-order valence-electron chi connectivity index (χ4n) is 2.31. The van der Waals surface area contributed by atoms with Crippen molar-refractivity contribution < 1.29 is 28.2 Å². The first-order chi connectivity index (χ1) is 12.8. The van der Waals surface area contributed by atoms with E-state index in [0.717, 1.165) is 6.08 Å². The Morgan fingerprint density at radius 3 is 2.67 bits per heavy atom. The zero-order chi connectivity index (χ0) is 20.2. The Morgan fingerprint density at radius 2 is 2.04 bits per heavy atom. The van der Waals surface area contributed by atoms with Crippen LogP contribution in [0.4, 0.5) is 9.18 Å². The van der Waals surface area contributed by atoms with Crippen molar-refractivity contribution in [3.8, 4) is 0 Å². The first-order valence-electron chi connectivity index (χ1n) is 8.61. The molecule has 0 aromatic heterocycles. The molecule has 0 unspecified atom stereocenters. The monoisotopic (exact) mass is 382 g/mol. The summed E-state index contributed by atoms with van der Waals surface area (Å²) >= 11 is 0. The Hall–Kier alpha value is -2.61. The van der Waals surface area contributed by atoms with E-state index in [1.54, 1.807) is 11.8 Å². The molecule has 1 rings (SSSR count). The number of hydrogen-bond donors (Lipinski definition) is 1. The number of ether oxygens (including phenoxy) is 3. The molecule has 1 N–H and O–H groups in total. The van der Waals surface area contributed by atoms with Gasteiger partial charge in [-0.1, -0.05) is 19.7 Å². The van der Waals surface area contributed by atoms with E-state index < -0.39 is 11.9 Å². The second-order valence-corrected chi connectivity index (χ2v) is 5.93. The van der Waals surface area contributed by atoms with Gasteiger partial charge >= 0.3 is 6.09 Å². The number of alkyl carbamates (subject to hydrolysis) is 1. The summed E-state index contributed by atoms with van der Waals surface area (Å²) in [6.07, 6.45) is 2.13. The highest BCUT2D eigenvalue weighted by Gasteiger charge is 2.27. The molecule has 2 amide bonds. The van der Waals surface area contributed by atoms with Crippen molar-refractivity contribution in [3.63, 3.8) is 0 Å². The number of allylic oxidation sites excluding steroid dienone is 3. The van der Waals surface area contributed by atoms with Crippen molar-refractivity contribution in [2.75, 3.05) is 39.5 Å². The molecule has 1 saturated heterocycles. The number of nitrogens with one attached hydrogen (secondary N) is 1. The minimum atomic E-state index is -0.615. The molecule has 7 nitrogen and oxygen atoms in total. The van der Waals surface area contributed by atoms with E-state index in [1.807, 2.05) is 0 Å². The van der Waals surface area contributed by atoms with Gasteiger partial charge < -0.3 is 24.4 Å². The molecule has 1 aliphatic rings. The van der Waals surface area contributed by atoms with Crippen molar-refractivity contribution in [1.29, 1.82) is 0 Å². The minimum absolute atomic E-state index is 0.169. The normalized spacial score (nSPS) is 16.6. The molecule has 27 heavy (non-hydrogen) atoms. The van der Waals surface area contributed by atoms with Gasteiger partial charge in [-0.05, 0) is 18.6 Å². The number of nitrogens with zero attached hydrogens (tertiary/aromatic N) is 1. The van der Waals surface area contributed by atoms with Crippen LogP contribution in [-0.4, -0.2) is 62.5 Å². The summed E-state index contributed by atoms with van der Waals surface area (Å²) in [5.41, 5.74) is 0.582. The molecule has 0 spiro atoms. The van der Waals surface area contributed by atoms with Crippen molar-refractivity contribution in [2.24, 2.45) is 0 Å². The van der Waals surface area contributed by atoms with Crippen molar-refractivity contribution in [1.82, 2.24) is 10.2 Å². The van der Waals surface area contributed by atoms with E-state index in [4.69, 9.17) is 14.2 Å². The lowest BCUT2D eigenvalue weighted by atomic mass is 10.2. The average molecular weight is 382 g/mol. The van der Waals surface area contributed by atoms with E-state index >= 15 is 0 Å². The van der Waals surface area contributed by atoms with Gasteiger partial charge in [0, 0.05) is 25.6 Å². The molecule has 0 aromatic carbocycles. The van der Waals surface area contributed by atoms with Gasteiger partial charge in [0.05, 0.1) is 19.8 Å². The van der Waals surface area contributed by atoms with Gasteiger partial charge in [0.1, 0.15) is 24.3 Å². The molecular weight excluding hydrogens is 355 g/mol. The highest BCUT2D eigenvalue weighted by molar-refractivity contribution is 5.87. The zero-order valence-corrected chi connectivity index (χ0v) is 15.7. The molecule has 0 bridgehead atoms. The first-order valence-corrected chi connectivity index (χ1v) is 8.61. The summed E-state index contributed by atoms with van der Waals surface area (Å²) < 4.78 is 28.7. The molecule has 0 saturated carbocycles. The van der Waals surface area contributed by atoms with Gasteiger partial charge in [-0.25, -0.2) is 9.18 Å². The van der Waals surface area contributed by atoms with E-state index in [-0.39, 0.29) is 38.4 Å². The van der Waals surface area contributed by atoms with Crippen LogP contribution in [0, 0.1) is 0 Å². The van der Waals surface area contributed by atoms with Crippen LogP contribution in [0.15, 0.2) is 49.0 Å². The predicted molar refractivity (Wildman–Crippen MR) is 99.6 cm³/mol. The second-order valence-electron chi connectivity index (χ2n) is 5.93. The summed E-state index contributed by atoms with van der Waals surface area (Å²) in [5, 5.41) is 2.57. The molecule has 1 atom stereocenters. The van der Waals surface area contributed by atoms with Crippen LogP contribution in [0.5, 0.6) is 0 Å². The largest absolute Gasteiger partial charge is 0.491 e. The van der Waals surface area contributed by atoms with Gasteiger partial charge in [0.15, 0.2) is 0 Å². The Kier molecular flexibility index (Phi) is 9.89. The zero-order valence-electron chi connectivity index (χ0n) is 15.7. The van der Waals surface area contributed by atoms with E-state index in [1.165, 1.54) is 6.08 Å². The maximum Gasteiger partial charge on any atom is 0.407 e. The number of carbonyl (C=O) groups is 2. The summed E-state index contributed by atoms with van der Waals surface area (Å²) in [5.74, 6) is -0.471. The maximum absolute atomic E-state index is 12.8. The van der Waals surface area contributed by atoms with Crippen LogP contribution in [0.25, 0.3) is 0 Å².